The largest absolute Gasteiger partial charge is 0.398 e. The van der Waals surface area contributed by atoms with Crippen molar-refractivity contribution in [3.8, 4) is 0 Å². The molecule has 16 heavy (non-hydrogen) atoms. The average Bonchev–Trinajstić information content (AvgIpc) is 2.51. The van der Waals surface area contributed by atoms with Crippen LogP contribution in [-0.4, -0.2) is 31.1 Å². The van der Waals surface area contributed by atoms with Crippen molar-refractivity contribution in [1.82, 2.24) is 4.90 Å². The van der Waals surface area contributed by atoms with Crippen molar-refractivity contribution in [3.05, 3.63) is 29.3 Å². The fourth-order valence-electron chi connectivity index (χ4n) is 2.16. The summed E-state index contributed by atoms with van der Waals surface area (Å²) >= 11 is 0. The molecule has 0 spiro atoms. The summed E-state index contributed by atoms with van der Waals surface area (Å²) in [6, 6.07) is 5.70. The lowest BCUT2D eigenvalue weighted by molar-refractivity contribution is 0.0668. The standard InChI is InChI=1S/C12H16N2O2/c1-8-9-4-3-5-10(13)11(9)12(15)14(8)6-7-16-2/h3-5,8H,6-7,13H2,1-2H3. The number of nitrogen functional groups attached to an aromatic ring is 1. The first-order valence-electron chi connectivity index (χ1n) is 5.35. The maximum atomic E-state index is 12.1. The zero-order valence-electron chi connectivity index (χ0n) is 9.56. The lowest BCUT2D eigenvalue weighted by Gasteiger charge is -2.21. The average molecular weight is 220 g/mol. The number of hydrogen-bond acceptors (Lipinski definition) is 3. The van der Waals surface area contributed by atoms with Crippen molar-refractivity contribution in [1.29, 1.82) is 0 Å². The van der Waals surface area contributed by atoms with Gasteiger partial charge in [-0.25, -0.2) is 0 Å². The summed E-state index contributed by atoms with van der Waals surface area (Å²) in [7, 11) is 1.63. The van der Waals surface area contributed by atoms with Crippen molar-refractivity contribution < 1.29 is 9.53 Å². The van der Waals surface area contributed by atoms with E-state index in [2.05, 4.69) is 0 Å². The van der Waals surface area contributed by atoms with Crippen LogP contribution >= 0.6 is 0 Å². The molecule has 0 radical (unpaired) electrons. The van der Waals surface area contributed by atoms with Gasteiger partial charge in [-0.15, -0.1) is 0 Å². The highest BCUT2D eigenvalue weighted by Crippen LogP contribution is 2.35. The highest BCUT2D eigenvalue weighted by molar-refractivity contribution is 6.03. The monoisotopic (exact) mass is 220 g/mol. The lowest BCUT2D eigenvalue weighted by atomic mass is 10.0. The fourth-order valence-corrected chi connectivity index (χ4v) is 2.16. The molecule has 0 fully saturated rings. The van der Waals surface area contributed by atoms with Crippen molar-refractivity contribution in [3.63, 3.8) is 0 Å². The van der Waals surface area contributed by atoms with Gasteiger partial charge in [0.15, 0.2) is 0 Å². The van der Waals surface area contributed by atoms with Crippen LogP contribution in [-0.2, 0) is 4.74 Å². The number of benzene rings is 1. The molecule has 1 aromatic carbocycles. The van der Waals surface area contributed by atoms with Gasteiger partial charge in [-0.3, -0.25) is 4.79 Å². The van der Waals surface area contributed by atoms with Crippen LogP contribution in [0, 0.1) is 0 Å². The smallest absolute Gasteiger partial charge is 0.256 e. The van der Waals surface area contributed by atoms with Gasteiger partial charge in [-0.05, 0) is 18.6 Å². The molecule has 1 unspecified atom stereocenters. The summed E-state index contributed by atoms with van der Waals surface area (Å²) in [5.41, 5.74) is 8.07. The van der Waals surface area contributed by atoms with Gasteiger partial charge in [-0.2, -0.15) is 0 Å². The Kier molecular flexibility index (Phi) is 2.83. The van der Waals surface area contributed by atoms with Crippen LogP contribution in [0.3, 0.4) is 0 Å². The molecule has 1 aromatic rings. The number of nitrogens with two attached hydrogens (primary N) is 1. The third kappa shape index (κ3) is 1.55. The molecule has 0 saturated heterocycles. The number of rotatable bonds is 3. The lowest BCUT2D eigenvalue weighted by Crippen LogP contribution is -2.30. The first-order valence-corrected chi connectivity index (χ1v) is 5.35. The number of carbonyl (C=O) groups excluding carboxylic acids is 1. The molecule has 2 rings (SSSR count). The van der Waals surface area contributed by atoms with Crippen LogP contribution in [0.4, 0.5) is 5.69 Å². The minimum absolute atomic E-state index is 0.0117. The number of hydrogen-bond donors (Lipinski definition) is 1. The Bertz CT molecular complexity index is 417. The Hall–Kier alpha value is -1.55. The van der Waals surface area contributed by atoms with Crippen LogP contribution < -0.4 is 5.73 Å². The molecule has 1 aliphatic heterocycles. The van der Waals surface area contributed by atoms with Crippen molar-refractivity contribution in [2.24, 2.45) is 0 Å². The number of ether oxygens (including phenoxy) is 1. The summed E-state index contributed by atoms with van der Waals surface area (Å²) in [4.78, 5) is 13.9. The third-order valence-electron chi connectivity index (χ3n) is 3.06. The van der Waals surface area contributed by atoms with E-state index in [0.29, 0.717) is 24.4 Å². The molecule has 0 saturated carbocycles. The van der Waals surface area contributed by atoms with Crippen molar-refractivity contribution in [2.45, 2.75) is 13.0 Å². The van der Waals surface area contributed by atoms with E-state index in [9.17, 15) is 4.79 Å². The molecule has 0 aromatic heterocycles. The Morgan fingerprint density at radius 1 is 1.50 bits per heavy atom. The molecule has 1 amide bonds. The Morgan fingerprint density at radius 3 is 2.88 bits per heavy atom. The Balaban J connectivity index is 2.33. The van der Waals surface area contributed by atoms with Gasteiger partial charge in [0.2, 0.25) is 0 Å². The molecular formula is C12H16N2O2. The van der Waals surface area contributed by atoms with E-state index in [1.54, 1.807) is 18.1 Å². The van der Waals surface area contributed by atoms with E-state index in [-0.39, 0.29) is 11.9 Å². The van der Waals surface area contributed by atoms with Crippen LogP contribution in [0.15, 0.2) is 18.2 Å². The summed E-state index contributed by atoms with van der Waals surface area (Å²) in [5.74, 6) is 0.0117. The zero-order valence-corrected chi connectivity index (χ0v) is 9.56. The molecule has 4 nitrogen and oxygen atoms in total. The molecule has 1 heterocycles. The summed E-state index contributed by atoms with van der Waals surface area (Å²) < 4.78 is 5.00. The normalized spacial score (nSPS) is 19.0. The summed E-state index contributed by atoms with van der Waals surface area (Å²) in [5, 5.41) is 0. The Labute approximate surface area is 95.0 Å². The number of nitrogens with zero attached hydrogens (tertiary/aromatic N) is 1. The van der Waals surface area contributed by atoms with Crippen LogP contribution in [0.1, 0.15) is 28.9 Å². The van der Waals surface area contributed by atoms with Gasteiger partial charge in [-0.1, -0.05) is 12.1 Å². The van der Waals surface area contributed by atoms with E-state index in [1.165, 1.54) is 0 Å². The first-order chi connectivity index (χ1) is 7.66. The molecular weight excluding hydrogens is 204 g/mol. The van der Waals surface area contributed by atoms with Gasteiger partial charge in [0.25, 0.3) is 5.91 Å². The van der Waals surface area contributed by atoms with E-state index >= 15 is 0 Å². The van der Waals surface area contributed by atoms with Gasteiger partial charge < -0.3 is 15.4 Å². The highest BCUT2D eigenvalue weighted by atomic mass is 16.5. The second-order valence-corrected chi connectivity index (χ2v) is 3.98. The van der Waals surface area contributed by atoms with Gasteiger partial charge in [0.1, 0.15) is 0 Å². The second-order valence-electron chi connectivity index (χ2n) is 3.98. The van der Waals surface area contributed by atoms with E-state index in [0.717, 1.165) is 5.56 Å². The topological polar surface area (TPSA) is 55.6 Å². The quantitative estimate of drug-likeness (QED) is 0.784. The summed E-state index contributed by atoms with van der Waals surface area (Å²) in [6.07, 6.45) is 0. The second kappa shape index (κ2) is 4.14. The van der Waals surface area contributed by atoms with Crippen LogP contribution in [0.2, 0.25) is 0 Å². The van der Waals surface area contributed by atoms with E-state index in [4.69, 9.17) is 10.5 Å². The van der Waals surface area contributed by atoms with Gasteiger partial charge >= 0.3 is 0 Å². The predicted molar refractivity (Wildman–Crippen MR) is 62.2 cm³/mol. The highest BCUT2D eigenvalue weighted by Gasteiger charge is 2.34. The maximum absolute atomic E-state index is 12.1. The van der Waals surface area contributed by atoms with Gasteiger partial charge in [0.05, 0.1) is 18.2 Å². The Morgan fingerprint density at radius 2 is 2.25 bits per heavy atom. The molecule has 4 heteroatoms. The molecule has 86 valence electrons. The number of fused-ring (bicyclic) bond motifs is 1. The number of carbonyl (C=O) groups is 1. The molecule has 1 atom stereocenters. The molecule has 0 bridgehead atoms. The molecule has 0 aliphatic carbocycles. The number of anilines is 1. The van der Waals surface area contributed by atoms with Crippen LogP contribution in [0.25, 0.3) is 0 Å². The van der Waals surface area contributed by atoms with Crippen molar-refractivity contribution in [2.75, 3.05) is 26.0 Å². The maximum Gasteiger partial charge on any atom is 0.256 e. The predicted octanol–water partition coefficient (Wildman–Crippen LogP) is 1.43. The van der Waals surface area contributed by atoms with Crippen LogP contribution in [0.5, 0.6) is 0 Å². The first kappa shape index (κ1) is 11.0. The SMILES string of the molecule is COCCN1C(=O)c2c(N)cccc2C1C. The molecule has 2 N–H and O–H groups in total. The minimum atomic E-state index is 0.0117. The van der Waals surface area contributed by atoms with Gasteiger partial charge in [0, 0.05) is 19.3 Å². The zero-order chi connectivity index (χ0) is 11.7. The molecule has 1 aliphatic rings. The minimum Gasteiger partial charge on any atom is -0.398 e. The summed E-state index contributed by atoms with van der Waals surface area (Å²) in [6.45, 7) is 3.16. The van der Waals surface area contributed by atoms with E-state index < -0.39 is 0 Å². The third-order valence-corrected chi connectivity index (χ3v) is 3.06. The van der Waals surface area contributed by atoms with Crippen molar-refractivity contribution >= 4 is 11.6 Å². The van der Waals surface area contributed by atoms with E-state index in [1.807, 2.05) is 19.1 Å². The number of methoxy groups -OCH3 is 1. The number of amides is 1. The fraction of sp³-hybridized carbons (Fsp3) is 0.417.